The van der Waals surface area contributed by atoms with Crippen molar-refractivity contribution in [3.8, 4) is 0 Å². The van der Waals surface area contributed by atoms with Gasteiger partial charge in [-0.1, -0.05) is 19.9 Å². The van der Waals surface area contributed by atoms with Crippen LogP contribution in [0.25, 0.3) is 10.9 Å². The molecule has 1 heterocycles. The zero-order chi connectivity index (χ0) is 18.1. The summed E-state index contributed by atoms with van der Waals surface area (Å²) in [6.45, 7) is 9.89. The van der Waals surface area contributed by atoms with Gasteiger partial charge >= 0.3 is 5.69 Å². The van der Waals surface area contributed by atoms with Gasteiger partial charge in [-0.25, -0.2) is 4.79 Å². The Labute approximate surface area is 140 Å². The molecule has 1 aromatic heterocycles. The molecule has 0 spiro atoms. The fourth-order valence-corrected chi connectivity index (χ4v) is 2.64. The summed E-state index contributed by atoms with van der Waals surface area (Å²) in [6, 6.07) is 5.48. The highest BCUT2D eigenvalue weighted by atomic mass is 16.2. The molecular formula is C18H25N3O3. The van der Waals surface area contributed by atoms with Crippen LogP contribution in [0, 0.1) is 5.41 Å². The number of rotatable bonds is 5. The zero-order valence-electron chi connectivity index (χ0n) is 14.9. The Bertz CT molecular complexity index is 875. The molecule has 0 aliphatic rings. The van der Waals surface area contributed by atoms with Crippen LogP contribution in [0.2, 0.25) is 0 Å². The fourth-order valence-electron chi connectivity index (χ4n) is 2.64. The number of aromatic nitrogens is 2. The maximum absolute atomic E-state index is 12.8. The van der Waals surface area contributed by atoms with Crippen LogP contribution in [0.3, 0.4) is 0 Å². The number of aromatic amines is 1. The summed E-state index contributed by atoms with van der Waals surface area (Å²) in [5.74, 6) is 0.0910. The Kier molecular flexibility index (Phi) is 4.96. The Hall–Kier alpha value is -2.37. The number of carbonyl (C=O) groups excluding carboxylic acids is 1. The first-order valence-corrected chi connectivity index (χ1v) is 8.22. The van der Waals surface area contributed by atoms with Gasteiger partial charge in [0.05, 0.1) is 16.3 Å². The number of H-pyrrole nitrogens is 1. The molecule has 6 nitrogen and oxygen atoms in total. The number of carbonyl (C=O) groups is 1. The van der Waals surface area contributed by atoms with E-state index in [0.717, 1.165) is 10.1 Å². The summed E-state index contributed by atoms with van der Waals surface area (Å²) < 4.78 is 1.11. The average Bonchev–Trinajstić information content (AvgIpc) is 2.51. The molecule has 0 atom stereocenters. The van der Waals surface area contributed by atoms with Gasteiger partial charge in [0.25, 0.3) is 5.56 Å². The number of amides is 1. The molecule has 2 aromatic rings. The number of hydrogen-bond acceptors (Lipinski definition) is 3. The molecule has 0 aliphatic carbocycles. The van der Waals surface area contributed by atoms with Crippen molar-refractivity contribution >= 4 is 16.8 Å². The lowest BCUT2D eigenvalue weighted by molar-refractivity contribution is -0.129. The molecule has 1 aromatic carbocycles. The maximum atomic E-state index is 12.8. The summed E-state index contributed by atoms with van der Waals surface area (Å²) >= 11 is 0. The molecule has 0 saturated carbocycles. The SMILES string of the molecule is CCNC(=O)C(C)(C)Cn1c(=O)[nH]c2ccc(C(C)C)cc2c1=O. The van der Waals surface area contributed by atoms with Gasteiger partial charge < -0.3 is 10.3 Å². The quantitative estimate of drug-likeness (QED) is 0.878. The Balaban J connectivity index is 2.56. The predicted molar refractivity (Wildman–Crippen MR) is 95.4 cm³/mol. The van der Waals surface area contributed by atoms with E-state index in [1.54, 1.807) is 19.9 Å². The Morgan fingerprint density at radius 2 is 1.96 bits per heavy atom. The van der Waals surface area contributed by atoms with Crippen molar-refractivity contribution in [2.45, 2.75) is 47.1 Å². The van der Waals surface area contributed by atoms with Crippen LogP contribution in [0.5, 0.6) is 0 Å². The first-order chi connectivity index (χ1) is 11.2. The number of hydrogen-bond donors (Lipinski definition) is 2. The molecule has 130 valence electrons. The third-order valence-corrected chi connectivity index (χ3v) is 4.18. The van der Waals surface area contributed by atoms with Crippen molar-refractivity contribution in [3.63, 3.8) is 0 Å². The Morgan fingerprint density at radius 1 is 1.29 bits per heavy atom. The molecule has 0 aliphatic heterocycles. The van der Waals surface area contributed by atoms with Crippen LogP contribution >= 0.6 is 0 Å². The lowest BCUT2D eigenvalue weighted by Crippen LogP contribution is -2.45. The second-order valence-corrected chi connectivity index (χ2v) is 7.02. The van der Waals surface area contributed by atoms with Crippen LogP contribution < -0.4 is 16.6 Å². The predicted octanol–water partition coefficient (Wildman–Crippen LogP) is 1.98. The third-order valence-electron chi connectivity index (χ3n) is 4.18. The van der Waals surface area contributed by atoms with Crippen molar-refractivity contribution in [1.82, 2.24) is 14.9 Å². The van der Waals surface area contributed by atoms with E-state index in [1.165, 1.54) is 0 Å². The van der Waals surface area contributed by atoms with E-state index >= 15 is 0 Å². The molecule has 1 amide bonds. The minimum Gasteiger partial charge on any atom is -0.356 e. The molecule has 0 bridgehead atoms. The minimum atomic E-state index is -0.865. The first kappa shape index (κ1) is 18.0. The molecule has 0 unspecified atom stereocenters. The number of benzene rings is 1. The van der Waals surface area contributed by atoms with Crippen LogP contribution in [-0.2, 0) is 11.3 Å². The van der Waals surface area contributed by atoms with Gasteiger partial charge in [-0.3, -0.25) is 14.2 Å². The highest BCUT2D eigenvalue weighted by Gasteiger charge is 2.29. The number of nitrogens with zero attached hydrogens (tertiary/aromatic N) is 1. The standard InChI is InChI=1S/C18H25N3O3/c1-6-19-16(23)18(4,5)10-21-15(22)13-9-12(11(2)3)7-8-14(13)20-17(21)24/h7-9,11H,6,10H2,1-5H3,(H,19,23)(H,20,24). The van der Waals surface area contributed by atoms with Crippen molar-refractivity contribution in [1.29, 1.82) is 0 Å². The van der Waals surface area contributed by atoms with Gasteiger partial charge in [0.1, 0.15) is 0 Å². The van der Waals surface area contributed by atoms with E-state index in [2.05, 4.69) is 10.3 Å². The number of fused-ring (bicyclic) bond motifs is 1. The van der Waals surface area contributed by atoms with Gasteiger partial charge in [0.2, 0.25) is 5.91 Å². The van der Waals surface area contributed by atoms with E-state index in [9.17, 15) is 14.4 Å². The minimum absolute atomic E-state index is 0.0227. The monoisotopic (exact) mass is 331 g/mol. The van der Waals surface area contributed by atoms with Crippen molar-refractivity contribution in [3.05, 3.63) is 44.6 Å². The highest BCUT2D eigenvalue weighted by Crippen LogP contribution is 2.19. The maximum Gasteiger partial charge on any atom is 0.328 e. The van der Waals surface area contributed by atoms with E-state index in [-0.39, 0.29) is 23.9 Å². The second-order valence-electron chi connectivity index (χ2n) is 7.02. The number of nitrogens with one attached hydrogen (secondary N) is 2. The molecule has 0 fully saturated rings. The molecule has 24 heavy (non-hydrogen) atoms. The summed E-state index contributed by atoms with van der Waals surface area (Å²) in [4.78, 5) is 40.0. The van der Waals surface area contributed by atoms with Crippen LogP contribution in [0.4, 0.5) is 0 Å². The van der Waals surface area contributed by atoms with Crippen LogP contribution in [0.1, 0.15) is 46.1 Å². The lowest BCUT2D eigenvalue weighted by Gasteiger charge is -2.23. The summed E-state index contributed by atoms with van der Waals surface area (Å²) in [5.41, 5.74) is -0.186. The molecule has 0 radical (unpaired) electrons. The van der Waals surface area contributed by atoms with Crippen LogP contribution in [-0.4, -0.2) is 22.0 Å². The summed E-state index contributed by atoms with van der Waals surface area (Å²) in [6.07, 6.45) is 0. The zero-order valence-corrected chi connectivity index (χ0v) is 14.9. The van der Waals surface area contributed by atoms with Gasteiger partial charge in [-0.15, -0.1) is 0 Å². The van der Waals surface area contributed by atoms with Crippen molar-refractivity contribution in [2.75, 3.05) is 6.54 Å². The van der Waals surface area contributed by atoms with E-state index in [0.29, 0.717) is 17.4 Å². The molecular weight excluding hydrogens is 306 g/mol. The third kappa shape index (κ3) is 3.42. The van der Waals surface area contributed by atoms with Gasteiger partial charge in [0.15, 0.2) is 0 Å². The van der Waals surface area contributed by atoms with Gasteiger partial charge in [-0.05, 0) is 44.4 Å². The topological polar surface area (TPSA) is 84.0 Å². The van der Waals surface area contributed by atoms with Crippen LogP contribution in [0.15, 0.2) is 27.8 Å². The smallest absolute Gasteiger partial charge is 0.328 e. The van der Waals surface area contributed by atoms with Gasteiger partial charge in [-0.2, -0.15) is 0 Å². The lowest BCUT2D eigenvalue weighted by atomic mass is 9.92. The van der Waals surface area contributed by atoms with E-state index in [4.69, 9.17) is 0 Å². The summed E-state index contributed by atoms with van der Waals surface area (Å²) in [5, 5.41) is 3.20. The molecule has 2 rings (SSSR count). The molecule has 6 heteroatoms. The highest BCUT2D eigenvalue weighted by molar-refractivity contribution is 5.82. The van der Waals surface area contributed by atoms with E-state index < -0.39 is 11.1 Å². The molecule has 0 saturated heterocycles. The van der Waals surface area contributed by atoms with Gasteiger partial charge in [0, 0.05) is 13.1 Å². The fraction of sp³-hybridized carbons (Fsp3) is 0.500. The van der Waals surface area contributed by atoms with E-state index in [1.807, 2.05) is 32.9 Å². The molecule has 2 N–H and O–H groups in total. The second kappa shape index (κ2) is 6.63. The normalized spacial score (nSPS) is 11.9. The van der Waals surface area contributed by atoms with Crippen molar-refractivity contribution < 1.29 is 4.79 Å². The Morgan fingerprint density at radius 3 is 2.54 bits per heavy atom. The largest absolute Gasteiger partial charge is 0.356 e. The van der Waals surface area contributed by atoms with Crippen molar-refractivity contribution in [2.24, 2.45) is 5.41 Å². The average molecular weight is 331 g/mol. The first-order valence-electron chi connectivity index (χ1n) is 8.22. The summed E-state index contributed by atoms with van der Waals surface area (Å²) in [7, 11) is 0.